The Kier molecular flexibility index (Phi) is 6.37. The first kappa shape index (κ1) is 21.4. The Balaban J connectivity index is 0.000000191. The number of allylic oxidation sites excluding steroid dienone is 1. The van der Waals surface area contributed by atoms with E-state index < -0.39 is 18.4 Å². The molecular formula is C18H23F3N6OS. The van der Waals surface area contributed by atoms with Crippen molar-refractivity contribution in [2.24, 2.45) is 21.6 Å². The number of halogens is 3. The molecule has 0 bridgehead atoms. The number of nitrogens with two attached hydrogens (primary N) is 3. The third-order valence-corrected chi connectivity index (χ3v) is 5.89. The summed E-state index contributed by atoms with van der Waals surface area (Å²) in [6.45, 7) is -2.93. The molecule has 4 rings (SSSR count). The molecule has 0 aliphatic heterocycles. The average molecular weight is 428 g/mol. The second-order valence-electron chi connectivity index (χ2n) is 7.25. The van der Waals surface area contributed by atoms with Gasteiger partial charge >= 0.3 is 12.6 Å². The highest BCUT2D eigenvalue weighted by Crippen LogP contribution is 2.58. The van der Waals surface area contributed by atoms with E-state index in [-0.39, 0.29) is 5.03 Å². The molecule has 29 heavy (non-hydrogen) atoms. The van der Waals surface area contributed by atoms with Gasteiger partial charge in [0, 0.05) is 11.1 Å². The zero-order valence-electron chi connectivity index (χ0n) is 15.7. The van der Waals surface area contributed by atoms with Gasteiger partial charge in [0.25, 0.3) is 0 Å². The van der Waals surface area contributed by atoms with Crippen LogP contribution in [0.25, 0.3) is 0 Å². The predicted molar refractivity (Wildman–Crippen MR) is 107 cm³/mol. The van der Waals surface area contributed by atoms with E-state index >= 15 is 0 Å². The van der Waals surface area contributed by atoms with Gasteiger partial charge in [0.05, 0.1) is 17.6 Å². The van der Waals surface area contributed by atoms with Crippen LogP contribution in [0.5, 0.6) is 0 Å². The summed E-state index contributed by atoms with van der Waals surface area (Å²) in [6, 6.07) is -0.450. The molecule has 7 N–H and O–H groups in total. The van der Waals surface area contributed by atoms with Crippen LogP contribution in [0, 0.1) is 0 Å². The molecule has 0 saturated heterocycles. The van der Waals surface area contributed by atoms with Crippen molar-refractivity contribution in [3.8, 4) is 0 Å². The van der Waals surface area contributed by atoms with E-state index in [1.807, 2.05) is 0 Å². The van der Waals surface area contributed by atoms with Crippen LogP contribution in [-0.4, -0.2) is 23.8 Å². The lowest BCUT2D eigenvalue weighted by Crippen LogP contribution is -2.22. The maximum Gasteiger partial charge on any atom is 0.331 e. The minimum Gasteiger partial charge on any atom is -0.390 e. The number of pyridine rings is 1. The Labute approximate surface area is 170 Å². The molecule has 1 heterocycles. The Morgan fingerprint density at radius 3 is 2.52 bits per heavy atom. The number of aliphatic imine (C=N–C) groups is 1. The lowest BCUT2D eigenvalue weighted by Gasteiger charge is -2.15. The summed E-state index contributed by atoms with van der Waals surface area (Å²) in [5.41, 5.74) is 16.6. The van der Waals surface area contributed by atoms with E-state index in [4.69, 9.17) is 21.6 Å². The molecule has 3 aliphatic rings. The van der Waals surface area contributed by atoms with Crippen LogP contribution in [0.15, 0.2) is 15.8 Å². The number of carbonyl (C=O) groups is 1. The van der Waals surface area contributed by atoms with Gasteiger partial charge < -0.3 is 16.8 Å². The SMILES string of the molecule is NC(=O)Nc1c2c(nc3c1CCC31CC1)CCC2.NS/C(N)=C(F)/C=N/C(F)F. The monoisotopic (exact) mass is 428 g/mol. The van der Waals surface area contributed by atoms with E-state index in [0.29, 0.717) is 23.6 Å². The van der Waals surface area contributed by atoms with Gasteiger partial charge in [-0.2, -0.15) is 8.78 Å². The number of aryl methyl sites for hydroxylation is 1. The van der Waals surface area contributed by atoms with E-state index in [1.54, 1.807) is 0 Å². The van der Waals surface area contributed by atoms with Crippen LogP contribution in [0.4, 0.5) is 23.7 Å². The summed E-state index contributed by atoms with van der Waals surface area (Å²) in [5, 5.41) is 7.31. The molecule has 0 radical (unpaired) electrons. The molecule has 11 heteroatoms. The molecule has 0 atom stereocenters. The molecule has 1 aromatic rings. The maximum atomic E-state index is 12.3. The van der Waals surface area contributed by atoms with Crippen LogP contribution < -0.4 is 21.9 Å². The number of hydrogen-bond donors (Lipinski definition) is 4. The first-order chi connectivity index (χ1) is 13.8. The smallest absolute Gasteiger partial charge is 0.331 e. The van der Waals surface area contributed by atoms with Crippen LogP contribution in [0.1, 0.15) is 48.2 Å². The quantitative estimate of drug-likeness (QED) is 0.332. The fourth-order valence-electron chi connectivity index (χ4n) is 3.94. The fourth-order valence-corrected chi connectivity index (χ4v) is 4.11. The maximum absolute atomic E-state index is 12.3. The van der Waals surface area contributed by atoms with Gasteiger partial charge in [-0.15, -0.1) is 0 Å². The number of aromatic nitrogens is 1. The lowest BCUT2D eigenvalue weighted by molar-refractivity contribution is 0.160. The molecule has 0 aromatic carbocycles. The number of primary amides is 1. The highest BCUT2D eigenvalue weighted by atomic mass is 32.2. The van der Waals surface area contributed by atoms with E-state index in [1.165, 1.54) is 41.8 Å². The third-order valence-electron chi connectivity index (χ3n) is 5.45. The highest BCUT2D eigenvalue weighted by molar-refractivity contribution is 8.00. The van der Waals surface area contributed by atoms with Gasteiger partial charge in [-0.05, 0) is 68.0 Å². The summed E-state index contributed by atoms with van der Waals surface area (Å²) in [4.78, 5) is 18.6. The van der Waals surface area contributed by atoms with Gasteiger partial charge in [-0.3, -0.25) is 10.1 Å². The zero-order valence-corrected chi connectivity index (χ0v) is 16.5. The number of alkyl halides is 2. The van der Waals surface area contributed by atoms with Crippen LogP contribution in [0.3, 0.4) is 0 Å². The molecule has 1 saturated carbocycles. The summed E-state index contributed by atoms with van der Waals surface area (Å²) < 4.78 is 34.9. The summed E-state index contributed by atoms with van der Waals surface area (Å²) >= 11 is 0.431. The van der Waals surface area contributed by atoms with Crippen LogP contribution in [-0.2, 0) is 24.7 Å². The second-order valence-corrected chi connectivity index (χ2v) is 7.92. The van der Waals surface area contributed by atoms with Crippen molar-refractivity contribution >= 4 is 29.9 Å². The van der Waals surface area contributed by atoms with Gasteiger partial charge in [0.15, 0.2) is 5.83 Å². The van der Waals surface area contributed by atoms with E-state index in [2.05, 4.69) is 10.3 Å². The van der Waals surface area contributed by atoms with E-state index in [0.717, 1.165) is 31.4 Å². The number of hydrogen-bond acceptors (Lipinski definition) is 6. The Morgan fingerprint density at radius 2 is 1.93 bits per heavy atom. The largest absolute Gasteiger partial charge is 0.390 e. The first-order valence-electron chi connectivity index (χ1n) is 9.22. The first-order valence-corrected chi connectivity index (χ1v) is 10.1. The fraction of sp³-hybridized carbons (Fsp3) is 0.500. The van der Waals surface area contributed by atoms with Crippen molar-refractivity contribution < 1.29 is 18.0 Å². The zero-order chi connectivity index (χ0) is 21.2. The molecule has 0 unspecified atom stereocenters. The van der Waals surface area contributed by atoms with Gasteiger partial charge in [0.1, 0.15) is 5.03 Å². The summed E-state index contributed by atoms with van der Waals surface area (Å²) in [6.07, 6.45) is 8.33. The standard InChI is InChI=1S/C14H17N3O.C4H6F3N3S/c15-13(18)17-11-8-2-1-3-10(8)16-12-9(11)4-5-14(12)6-7-14;5-2(3(8)11-9)1-10-4(6)7/h1-7H2,(H3,15,16,17,18);1,4H,8-9H2/b;3-2-,10-1+. The number of anilines is 1. The molecule has 2 amide bonds. The number of fused-ring (bicyclic) bond motifs is 3. The minimum absolute atomic E-state index is 0.333. The molecule has 1 aromatic heterocycles. The summed E-state index contributed by atoms with van der Waals surface area (Å²) in [7, 11) is 0. The van der Waals surface area contributed by atoms with Crippen LogP contribution >= 0.6 is 11.9 Å². The van der Waals surface area contributed by atoms with Crippen molar-refractivity contribution in [1.29, 1.82) is 0 Å². The normalized spacial score (nSPS) is 18.9. The molecule has 1 spiro atoms. The van der Waals surface area contributed by atoms with Crippen molar-refractivity contribution in [3.63, 3.8) is 0 Å². The van der Waals surface area contributed by atoms with Gasteiger partial charge in [0.2, 0.25) is 0 Å². The number of rotatable bonds is 4. The third kappa shape index (κ3) is 4.67. The predicted octanol–water partition coefficient (Wildman–Crippen LogP) is 3.02. The molecule has 7 nitrogen and oxygen atoms in total. The van der Waals surface area contributed by atoms with Crippen molar-refractivity contribution in [2.45, 2.75) is 56.9 Å². The Morgan fingerprint density at radius 1 is 1.21 bits per heavy atom. The second kappa shape index (κ2) is 8.62. The van der Waals surface area contributed by atoms with Crippen LogP contribution in [0.2, 0.25) is 0 Å². The minimum atomic E-state index is -2.93. The number of carbonyl (C=O) groups excluding carboxylic acids is 1. The molecule has 158 valence electrons. The number of nitrogens with zero attached hydrogens (tertiary/aromatic N) is 2. The highest BCUT2D eigenvalue weighted by Gasteiger charge is 2.51. The Hall–Kier alpha value is -2.27. The van der Waals surface area contributed by atoms with Crippen molar-refractivity contribution in [2.75, 3.05) is 5.32 Å². The Bertz CT molecular complexity index is 870. The van der Waals surface area contributed by atoms with E-state index in [9.17, 15) is 18.0 Å². The average Bonchev–Trinajstić information content (AvgIpc) is 3.15. The van der Waals surface area contributed by atoms with Crippen molar-refractivity contribution in [1.82, 2.24) is 4.98 Å². The lowest BCUT2D eigenvalue weighted by atomic mass is 10.0. The van der Waals surface area contributed by atoms with Crippen molar-refractivity contribution in [3.05, 3.63) is 33.4 Å². The number of amides is 2. The van der Waals surface area contributed by atoms with Gasteiger partial charge in [-0.25, -0.2) is 14.2 Å². The molecular weight excluding hydrogens is 405 g/mol. The molecule has 3 aliphatic carbocycles. The summed E-state index contributed by atoms with van der Waals surface area (Å²) in [5.74, 6) is -1.06. The molecule has 1 fully saturated rings. The topological polar surface area (TPSA) is 132 Å². The number of urea groups is 1. The van der Waals surface area contributed by atoms with Gasteiger partial charge in [-0.1, -0.05) is 0 Å². The number of nitrogens with one attached hydrogen (secondary N) is 1.